The summed E-state index contributed by atoms with van der Waals surface area (Å²) >= 11 is 5.81. The number of hydrogen-bond donors (Lipinski definition) is 1. The van der Waals surface area contributed by atoms with Crippen LogP contribution in [-0.4, -0.2) is 25.0 Å². The molecule has 5 heteroatoms. The Labute approximate surface area is 140 Å². The number of benzene rings is 2. The van der Waals surface area contributed by atoms with Crippen LogP contribution in [0.25, 0.3) is 0 Å². The molecule has 2 rings (SSSR count). The molecule has 0 heterocycles. The highest BCUT2D eigenvalue weighted by molar-refractivity contribution is 6.30. The minimum atomic E-state index is -0.746. The molecule has 0 aromatic heterocycles. The van der Waals surface area contributed by atoms with Crippen LogP contribution >= 0.6 is 11.6 Å². The molecule has 0 fully saturated rings. The molecule has 0 aliphatic rings. The zero-order valence-corrected chi connectivity index (χ0v) is 13.8. The number of esters is 1. The highest BCUT2D eigenvalue weighted by Crippen LogP contribution is 2.13. The molecular formula is C18H18ClNO3. The van der Waals surface area contributed by atoms with E-state index in [0.29, 0.717) is 17.0 Å². The van der Waals surface area contributed by atoms with E-state index in [2.05, 4.69) is 5.32 Å². The summed E-state index contributed by atoms with van der Waals surface area (Å²) in [5.74, 6) is -0.818. The number of carbonyl (C=O) groups is 2. The van der Waals surface area contributed by atoms with E-state index in [1.807, 2.05) is 31.2 Å². The molecule has 0 radical (unpaired) electrons. The Morgan fingerprint density at radius 1 is 1.13 bits per heavy atom. The van der Waals surface area contributed by atoms with Gasteiger partial charge in [0.05, 0.1) is 7.11 Å². The first kappa shape index (κ1) is 17.0. The molecule has 120 valence electrons. The van der Waals surface area contributed by atoms with Gasteiger partial charge in [-0.15, -0.1) is 0 Å². The third-order valence-electron chi connectivity index (χ3n) is 3.58. The zero-order valence-electron chi connectivity index (χ0n) is 13.0. The molecule has 0 saturated heterocycles. The van der Waals surface area contributed by atoms with Crippen molar-refractivity contribution in [2.24, 2.45) is 0 Å². The third-order valence-corrected chi connectivity index (χ3v) is 3.83. The number of hydrogen-bond acceptors (Lipinski definition) is 3. The van der Waals surface area contributed by atoms with Gasteiger partial charge in [-0.2, -0.15) is 0 Å². The van der Waals surface area contributed by atoms with Gasteiger partial charge in [0.15, 0.2) is 0 Å². The number of halogens is 1. The number of ether oxygens (including phenoxy) is 1. The first-order valence-electron chi connectivity index (χ1n) is 7.20. The molecule has 1 amide bonds. The van der Waals surface area contributed by atoms with Crippen molar-refractivity contribution in [2.75, 3.05) is 7.11 Å². The van der Waals surface area contributed by atoms with Crippen molar-refractivity contribution in [3.63, 3.8) is 0 Å². The van der Waals surface area contributed by atoms with E-state index in [4.69, 9.17) is 16.3 Å². The van der Waals surface area contributed by atoms with Crippen molar-refractivity contribution in [1.29, 1.82) is 0 Å². The number of carbonyl (C=O) groups excluding carboxylic acids is 2. The van der Waals surface area contributed by atoms with E-state index in [0.717, 1.165) is 11.1 Å². The summed E-state index contributed by atoms with van der Waals surface area (Å²) < 4.78 is 4.81. The van der Waals surface area contributed by atoms with Crippen LogP contribution in [-0.2, 0) is 16.0 Å². The summed E-state index contributed by atoms with van der Waals surface area (Å²) in [4.78, 5) is 24.3. The predicted octanol–water partition coefficient (Wildman–Crippen LogP) is 3.16. The fourth-order valence-electron chi connectivity index (χ4n) is 2.24. The molecule has 1 atom stereocenters. The molecule has 0 aliphatic carbocycles. The van der Waals surface area contributed by atoms with Crippen LogP contribution in [0.1, 0.15) is 21.5 Å². The summed E-state index contributed by atoms with van der Waals surface area (Å²) in [6, 6.07) is 13.5. The van der Waals surface area contributed by atoms with Gasteiger partial charge in [0.25, 0.3) is 5.91 Å². The van der Waals surface area contributed by atoms with Gasteiger partial charge in [-0.3, -0.25) is 4.79 Å². The summed E-state index contributed by atoms with van der Waals surface area (Å²) in [6.07, 6.45) is 0.374. The largest absolute Gasteiger partial charge is 0.467 e. The Balaban J connectivity index is 2.16. The van der Waals surface area contributed by atoms with Crippen LogP contribution in [0.4, 0.5) is 0 Å². The SMILES string of the molecule is COC(=O)[C@H](Cc1ccccc1C)NC(=O)c1ccc(Cl)cc1. The highest BCUT2D eigenvalue weighted by atomic mass is 35.5. The van der Waals surface area contributed by atoms with Crippen molar-refractivity contribution in [3.05, 3.63) is 70.2 Å². The number of amides is 1. The maximum absolute atomic E-state index is 12.3. The molecule has 23 heavy (non-hydrogen) atoms. The second-order valence-corrected chi connectivity index (χ2v) is 5.62. The van der Waals surface area contributed by atoms with E-state index in [9.17, 15) is 9.59 Å². The Kier molecular flexibility index (Phi) is 5.77. The van der Waals surface area contributed by atoms with Crippen LogP contribution in [0.15, 0.2) is 48.5 Å². The first-order chi connectivity index (χ1) is 11.0. The number of nitrogens with one attached hydrogen (secondary N) is 1. The fourth-order valence-corrected chi connectivity index (χ4v) is 2.36. The maximum Gasteiger partial charge on any atom is 0.328 e. The molecule has 1 N–H and O–H groups in total. The lowest BCUT2D eigenvalue weighted by Crippen LogP contribution is -2.43. The van der Waals surface area contributed by atoms with Crippen molar-refractivity contribution < 1.29 is 14.3 Å². The lowest BCUT2D eigenvalue weighted by atomic mass is 10.0. The molecule has 2 aromatic carbocycles. The van der Waals surface area contributed by atoms with Gasteiger partial charge in [0.2, 0.25) is 0 Å². The summed E-state index contributed by atoms with van der Waals surface area (Å²) in [7, 11) is 1.31. The van der Waals surface area contributed by atoms with Crippen molar-refractivity contribution in [1.82, 2.24) is 5.32 Å². The van der Waals surface area contributed by atoms with E-state index in [1.54, 1.807) is 24.3 Å². The van der Waals surface area contributed by atoms with Gasteiger partial charge < -0.3 is 10.1 Å². The van der Waals surface area contributed by atoms with E-state index >= 15 is 0 Å². The number of rotatable bonds is 5. The minimum absolute atomic E-state index is 0.342. The van der Waals surface area contributed by atoms with Crippen LogP contribution < -0.4 is 5.32 Å². The Morgan fingerprint density at radius 2 is 1.78 bits per heavy atom. The average molecular weight is 332 g/mol. The van der Waals surface area contributed by atoms with Gasteiger partial charge in [-0.25, -0.2) is 4.79 Å². The lowest BCUT2D eigenvalue weighted by Gasteiger charge is -2.17. The molecular weight excluding hydrogens is 314 g/mol. The Hall–Kier alpha value is -2.33. The van der Waals surface area contributed by atoms with Crippen molar-refractivity contribution >= 4 is 23.5 Å². The fraction of sp³-hybridized carbons (Fsp3) is 0.222. The normalized spacial score (nSPS) is 11.6. The Bertz CT molecular complexity index is 698. The molecule has 0 spiro atoms. The monoisotopic (exact) mass is 331 g/mol. The second kappa shape index (κ2) is 7.79. The van der Waals surface area contributed by atoms with E-state index in [-0.39, 0.29) is 5.91 Å². The molecule has 2 aromatic rings. The Morgan fingerprint density at radius 3 is 2.39 bits per heavy atom. The molecule has 0 aliphatic heterocycles. The lowest BCUT2D eigenvalue weighted by molar-refractivity contribution is -0.142. The summed E-state index contributed by atoms with van der Waals surface area (Å²) in [5, 5.41) is 3.27. The van der Waals surface area contributed by atoms with Crippen molar-refractivity contribution in [2.45, 2.75) is 19.4 Å². The highest BCUT2D eigenvalue weighted by Gasteiger charge is 2.23. The topological polar surface area (TPSA) is 55.4 Å². The standard InChI is InChI=1S/C18H18ClNO3/c1-12-5-3-4-6-14(12)11-16(18(22)23-2)20-17(21)13-7-9-15(19)10-8-13/h3-10,16H,11H2,1-2H3,(H,20,21)/t16-/m0/s1. The molecule has 0 bridgehead atoms. The van der Waals surface area contributed by atoms with E-state index in [1.165, 1.54) is 7.11 Å². The third kappa shape index (κ3) is 4.57. The first-order valence-corrected chi connectivity index (χ1v) is 7.58. The van der Waals surface area contributed by atoms with Gasteiger partial charge in [-0.05, 0) is 42.3 Å². The van der Waals surface area contributed by atoms with Gasteiger partial charge in [0.1, 0.15) is 6.04 Å². The van der Waals surface area contributed by atoms with Crippen LogP contribution in [0.5, 0.6) is 0 Å². The van der Waals surface area contributed by atoms with Gasteiger partial charge >= 0.3 is 5.97 Å². The predicted molar refractivity (Wildman–Crippen MR) is 89.6 cm³/mol. The minimum Gasteiger partial charge on any atom is -0.467 e. The van der Waals surface area contributed by atoms with Gasteiger partial charge in [0, 0.05) is 17.0 Å². The van der Waals surface area contributed by atoms with Crippen LogP contribution in [0.3, 0.4) is 0 Å². The second-order valence-electron chi connectivity index (χ2n) is 5.19. The van der Waals surface area contributed by atoms with Crippen LogP contribution in [0.2, 0.25) is 5.02 Å². The van der Waals surface area contributed by atoms with Crippen LogP contribution in [0, 0.1) is 6.92 Å². The quantitative estimate of drug-likeness (QED) is 0.856. The van der Waals surface area contributed by atoms with Gasteiger partial charge in [-0.1, -0.05) is 35.9 Å². The number of aryl methyl sites for hydroxylation is 1. The van der Waals surface area contributed by atoms with E-state index < -0.39 is 12.0 Å². The van der Waals surface area contributed by atoms with Crippen molar-refractivity contribution in [3.8, 4) is 0 Å². The smallest absolute Gasteiger partial charge is 0.328 e. The summed E-state index contributed by atoms with van der Waals surface area (Å²) in [6.45, 7) is 1.96. The molecule has 0 unspecified atom stereocenters. The summed E-state index contributed by atoms with van der Waals surface area (Å²) in [5.41, 5.74) is 2.48. The maximum atomic E-state index is 12.3. The molecule has 4 nitrogen and oxygen atoms in total. The average Bonchev–Trinajstić information content (AvgIpc) is 2.56. The molecule has 0 saturated carbocycles. The number of methoxy groups -OCH3 is 1. The zero-order chi connectivity index (χ0) is 16.8.